The van der Waals surface area contributed by atoms with Crippen molar-refractivity contribution in [2.75, 3.05) is 13.2 Å². The van der Waals surface area contributed by atoms with Crippen molar-refractivity contribution >= 4 is 37.7 Å². The minimum absolute atomic E-state index is 0. The molecule has 0 unspecified atom stereocenters. The van der Waals surface area contributed by atoms with E-state index in [-0.39, 0.29) is 44.3 Å². The average Bonchev–Trinajstić information content (AvgIpc) is 1.37. The van der Waals surface area contributed by atoms with Gasteiger partial charge in [-0.3, -0.25) is 0 Å². The van der Waals surface area contributed by atoms with Gasteiger partial charge in [0.25, 0.3) is 0 Å². The van der Waals surface area contributed by atoms with Crippen molar-refractivity contribution in [2.24, 2.45) is 5.73 Å². The topological polar surface area (TPSA) is 46.2 Å². The fourth-order valence-electron chi connectivity index (χ4n) is 0. The first-order valence-electron chi connectivity index (χ1n) is 1.22. The minimum Gasteiger partial charge on any atom is -0.395 e. The van der Waals surface area contributed by atoms with Gasteiger partial charge in [-0.1, -0.05) is 0 Å². The monoisotopic (exact) mass is 101 g/mol. The molecule has 28 valence electrons. The quantitative estimate of drug-likeness (QED) is 0.397. The molecule has 0 atom stereocenters. The molecule has 0 aromatic rings. The molecule has 3 heteroatoms. The Bertz CT molecular complexity index is 11.6. The summed E-state index contributed by atoms with van der Waals surface area (Å²) in [6, 6.07) is 0. The number of hydrogen-bond acceptors (Lipinski definition) is 2. The van der Waals surface area contributed by atoms with Crippen LogP contribution in [0.5, 0.6) is 0 Å². The molecule has 0 bridgehead atoms. The van der Waals surface area contributed by atoms with Crippen LogP contribution in [0.15, 0.2) is 0 Å². The smallest absolute Gasteiger partial charge is 0.0553 e. The minimum atomic E-state index is 0. The van der Waals surface area contributed by atoms with E-state index < -0.39 is 0 Å². The third-order valence-electron chi connectivity index (χ3n) is 0.129. The number of aliphatic hydroxyl groups is 1. The molecule has 2 nitrogen and oxygen atoms in total. The Morgan fingerprint density at radius 3 is 1.80 bits per heavy atom. The van der Waals surface area contributed by atoms with Crippen LogP contribution in [0.4, 0.5) is 0 Å². The number of rotatable bonds is 1. The Hall–Kier alpha value is 1.18. The van der Waals surface area contributed by atoms with Crippen molar-refractivity contribution < 1.29 is 5.11 Å². The van der Waals surface area contributed by atoms with Gasteiger partial charge in [-0.2, -0.15) is 0 Å². The first-order chi connectivity index (χ1) is 1.91. The van der Waals surface area contributed by atoms with Crippen molar-refractivity contribution in [1.29, 1.82) is 0 Å². The summed E-state index contributed by atoms with van der Waals surface area (Å²) in [6.07, 6.45) is 0. The molecule has 0 spiro atoms. The largest absolute Gasteiger partial charge is 0.395 e. The van der Waals surface area contributed by atoms with E-state index in [9.17, 15) is 0 Å². The molecule has 0 heterocycles. The van der Waals surface area contributed by atoms with Gasteiger partial charge in [-0.25, -0.2) is 0 Å². The number of hydrogen-bond donors (Lipinski definition) is 2. The number of aliphatic hydroxyl groups excluding tert-OH is 1. The van der Waals surface area contributed by atoms with Crippen LogP contribution in [0.2, 0.25) is 0 Å². The van der Waals surface area contributed by atoms with E-state index in [1.165, 1.54) is 0 Å². The first-order valence-corrected chi connectivity index (χ1v) is 1.22. The normalized spacial score (nSPS) is 6.00. The standard InChI is InChI=1S/C2H7NO.Ca/c3-1-2-4;/h4H,1-3H2;. The van der Waals surface area contributed by atoms with Gasteiger partial charge in [0.1, 0.15) is 0 Å². The fraction of sp³-hybridized carbons (Fsp3) is 1.00. The molecule has 0 saturated carbocycles. The van der Waals surface area contributed by atoms with Crippen molar-refractivity contribution in [1.82, 2.24) is 0 Å². The van der Waals surface area contributed by atoms with Crippen LogP contribution in [0.3, 0.4) is 0 Å². The van der Waals surface area contributed by atoms with Crippen LogP contribution in [-0.4, -0.2) is 56.0 Å². The summed E-state index contributed by atoms with van der Waals surface area (Å²) in [5.74, 6) is 0. The number of nitrogens with two attached hydrogens (primary N) is 1. The van der Waals surface area contributed by atoms with Gasteiger partial charge in [0.15, 0.2) is 0 Å². The Kier molecular flexibility index (Phi) is 17.0. The van der Waals surface area contributed by atoms with Crippen LogP contribution in [0.25, 0.3) is 0 Å². The van der Waals surface area contributed by atoms with Crippen LogP contribution in [-0.2, 0) is 0 Å². The van der Waals surface area contributed by atoms with Gasteiger partial charge in [0.2, 0.25) is 0 Å². The summed E-state index contributed by atoms with van der Waals surface area (Å²) in [6.45, 7) is 0.472. The maximum atomic E-state index is 7.75. The van der Waals surface area contributed by atoms with Crippen LogP contribution >= 0.6 is 0 Å². The Labute approximate surface area is 61.4 Å². The third kappa shape index (κ3) is 11.0. The Balaban J connectivity index is 0. The van der Waals surface area contributed by atoms with Gasteiger partial charge in [-0.05, 0) is 0 Å². The van der Waals surface area contributed by atoms with E-state index >= 15 is 0 Å². The summed E-state index contributed by atoms with van der Waals surface area (Å²) < 4.78 is 0. The molecule has 2 radical (unpaired) electrons. The van der Waals surface area contributed by atoms with E-state index in [1.807, 2.05) is 0 Å². The zero-order valence-electron chi connectivity index (χ0n) is 3.15. The Morgan fingerprint density at radius 2 is 1.80 bits per heavy atom. The van der Waals surface area contributed by atoms with Crippen molar-refractivity contribution in [3.8, 4) is 0 Å². The van der Waals surface area contributed by atoms with Crippen LogP contribution in [0.1, 0.15) is 0 Å². The third-order valence-corrected chi connectivity index (χ3v) is 0.129. The molecule has 0 aliphatic rings. The molecular weight excluding hydrogens is 94.1 g/mol. The molecule has 0 fully saturated rings. The molecule has 3 N–H and O–H groups in total. The second-order valence-corrected chi connectivity index (χ2v) is 0.512. The van der Waals surface area contributed by atoms with Crippen molar-refractivity contribution in [2.45, 2.75) is 0 Å². The zero-order valence-corrected chi connectivity index (χ0v) is 5.35. The maximum Gasteiger partial charge on any atom is 0.0553 e. The van der Waals surface area contributed by atoms with Crippen molar-refractivity contribution in [3.05, 3.63) is 0 Å². The van der Waals surface area contributed by atoms with Crippen LogP contribution in [0, 0.1) is 0 Å². The molecule has 0 aliphatic carbocycles. The molecule has 0 aromatic heterocycles. The van der Waals surface area contributed by atoms with Gasteiger partial charge in [0, 0.05) is 44.3 Å². The Morgan fingerprint density at radius 1 is 1.60 bits per heavy atom. The second kappa shape index (κ2) is 8.95. The van der Waals surface area contributed by atoms with Gasteiger partial charge >= 0.3 is 0 Å². The van der Waals surface area contributed by atoms with Crippen molar-refractivity contribution in [3.63, 3.8) is 0 Å². The summed E-state index contributed by atoms with van der Waals surface area (Å²) in [5, 5.41) is 7.75. The van der Waals surface area contributed by atoms with E-state index in [2.05, 4.69) is 0 Å². The predicted molar refractivity (Wildman–Crippen MR) is 21.9 cm³/mol. The van der Waals surface area contributed by atoms with E-state index in [0.29, 0.717) is 6.54 Å². The summed E-state index contributed by atoms with van der Waals surface area (Å²) >= 11 is 0. The second-order valence-electron chi connectivity index (χ2n) is 0.512. The molecule has 0 rings (SSSR count). The predicted octanol–water partition coefficient (Wildman–Crippen LogP) is -1.44. The molecule has 0 saturated heterocycles. The molecular formula is C2H7CaNO. The molecule has 0 aromatic carbocycles. The summed E-state index contributed by atoms with van der Waals surface area (Å²) in [4.78, 5) is 0. The van der Waals surface area contributed by atoms with E-state index in [4.69, 9.17) is 10.8 Å². The van der Waals surface area contributed by atoms with Gasteiger partial charge < -0.3 is 10.8 Å². The molecule has 5 heavy (non-hydrogen) atoms. The van der Waals surface area contributed by atoms with Gasteiger partial charge in [0.05, 0.1) is 6.61 Å². The molecule has 0 amide bonds. The SMILES string of the molecule is NCCO.[Ca]. The zero-order chi connectivity index (χ0) is 3.41. The maximum absolute atomic E-state index is 7.75. The van der Waals surface area contributed by atoms with E-state index in [1.54, 1.807) is 0 Å². The summed E-state index contributed by atoms with van der Waals surface area (Å²) in [5.41, 5.74) is 4.78. The van der Waals surface area contributed by atoms with Gasteiger partial charge in [-0.15, -0.1) is 0 Å². The fourth-order valence-corrected chi connectivity index (χ4v) is 0. The molecule has 0 aliphatic heterocycles. The van der Waals surface area contributed by atoms with Crippen LogP contribution < -0.4 is 5.73 Å². The first kappa shape index (κ1) is 9.49. The summed E-state index contributed by atoms with van der Waals surface area (Å²) in [7, 11) is 0. The average molecular weight is 101 g/mol. The van der Waals surface area contributed by atoms with E-state index in [0.717, 1.165) is 0 Å².